The lowest BCUT2D eigenvalue weighted by Crippen LogP contribution is -2.22. The SMILES string of the molecule is Cc1ccc(N/C(=N\c2ccccn2)Nc2ccccn2)cc1. The van der Waals surface area contributed by atoms with Gasteiger partial charge in [0.05, 0.1) is 0 Å². The van der Waals surface area contributed by atoms with Crippen molar-refractivity contribution in [3.63, 3.8) is 0 Å². The van der Waals surface area contributed by atoms with Crippen molar-refractivity contribution in [3.8, 4) is 0 Å². The van der Waals surface area contributed by atoms with Crippen LogP contribution in [0.25, 0.3) is 0 Å². The van der Waals surface area contributed by atoms with Gasteiger partial charge in [-0.2, -0.15) is 4.99 Å². The Hall–Kier alpha value is -3.21. The fraction of sp³-hybridized carbons (Fsp3) is 0.0556. The molecule has 0 saturated carbocycles. The van der Waals surface area contributed by atoms with Crippen LogP contribution in [0.15, 0.2) is 78.0 Å². The molecule has 23 heavy (non-hydrogen) atoms. The van der Waals surface area contributed by atoms with Gasteiger partial charge in [0.25, 0.3) is 0 Å². The smallest absolute Gasteiger partial charge is 0.208 e. The van der Waals surface area contributed by atoms with E-state index in [2.05, 4.69) is 32.5 Å². The predicted molar refractivity (Wildman–Crippen MR) is 94.0 cm³/mol. The Kier molecular flexibility index (Phi) is 4.59. The van der Waals surface area contributed by atoms with Crippen molar-refractivity contribution >= 4 is 23.3 Å². The molecule has 3 rings (SSSR count). The molecule has 0 aliphatic carbocycles. The number of pyridine rings is 2. The molecule has 2 heterocycles. The fourth-order valence-corrected chi connectivity index (χ4v) is 1.95. The van der Waals surface area contributed by atoms with E-state index in [1.54, 1.807) is 12.4 Å². The molecule has 0 fully saturated rings. The molecule has 0 spiro atoms. The van der Waals surface area contributed by atoms with Crippen molar-refractivity contribution in [1.29, 1.82) is 0 Å². The summed E-state index contributed by atoms with van der Waals surface area (Å²) in [5, 5.41) is 6.44. The number of hydrogen-bond acceptors (Lipinski definition) is 3. The van der Waals surface area contributed by atoms with E-state index in [1.807, 2.05) is 60.7 Å². The van der Waals surface area contributed by atoms with E-state index in [4.69, 9.17) is 0 Å². The number of aryl methyl sites for hydroxylation is 1. The number of aromatic nitrogens is 2. The highest BCUT2D eigenvalue weighted by Gasteiger charge is 2.03. The van der Waals surface area contributed by atoms with Crippen LogP contribution >= 0.6 is 0 Å². The van der Waals surface area contributed by atoms with Crippen LogP contribution < -0.4 is 10.6 Å². The summed E-state index contributed by atoms with van der Waals surface area (Å²) < 4.78 is 0. The third kappa shape index (κ3) is 4.38. The van der Waals surface area contributed by atoms with Gasteiger partial charge in [-0.15, -0.1) is 0 Å². The third-order valence-electron chi connectivity index (χ3n) is 3.10. The first-order valence-corrected chi connectivity index (χ1v) is 7.31. The first kappa shape index (κ1) is 14.7. The minimum Gasteiger partial charge on any atom is -0.326 e. The quantitative estimate of drug-likeness (QED) is 0.567. The highest BCUT2D eigenvalue weighted by atomic mass is 15.2. The Labute approximate surface area is 135 Å². The van der Waals surface area contributed by atoms with Crippen molar-refractivity contribution in [2.45, 2.75) is 6.92 Å². The molecule has 5 nitrogen and oxygen atoms in total. The van der Waals surface area contributed by atoms with Crippen molar-refractivity contribution in [2.75, 3.05) is 10.6 Å². The van der Waals surface area contributed by atoms with Gasteiger partial charge in [0, 0.05) is 18.1 Å². The minimum absolute atomic E-state index is 0.561. The van der Waals surface area contributed by atoms with Gasteiger partial charge in [0.15, 0.2) is 5.82 Å². The van der Waals surface area contributed by atoms with Gasteiger partial charge in [-0.3, -0.25) is 0 Å². The Morgan fingerprint density at radius 2 is 1.57 bits per heavy atom. The monoisotopic (exact) mass is 303 g/mol. The lowest BCUT2D eigenvalue weighted by Gasteiger charge is -2.12. The zero-order valence-corrected chi connectivity index (χ0v) is 12.8. The maximum absolute atomic E-state index is 4.51. The molecule has 0 aliphatic rings. The Bertz CT molecular complexity index is 768. The van der Waals surface area contributed by atoms with Crippen LogP contribution in [0.1, 0.15) is 5.56 Å². The van der Waals surface area contributed by atoms with E-state index >= 15 is 0 Å². The second-order valence-electron chi connectivity index (χ2n) is 4.98. The summed E-state index contributed by atoms with van der Waals surface area (Å²) in [4.78, 5) is 13.0. The number of aliphatic imine (C=N–C) groups is 1. The first-order chi connectivity index (χ1) is 11.3. The summed E-state index contributed by atoms with van der Waals surface area (Å²) in [5.74, 6) is 1.89. The number of guanidine groups is 1. The molecule has 2 aromatic heterocycles. The molecule has 0 atom stereocenters. The molecule has 3 aromatic rings. The van der Waals surface area contributed by atoms with Gasteiger partial charge in [-0.1, -0.05) is 29.8 Å². The van der Waals surface area contributed by atoms with Crippen molar-refractivity contribution in [2.24, 2.45) is 4.99 Å². The van der Waals surface area contributed by atoms with E-state index < -0.39 is 0 Å². The number of nitrogens with zero attached hydrogens (tertiary/aromatic N) is 3. The van der Waals surface area contributed by atoms with Crippen LogP contribution in [0.3, 0.4) is 0 Å². The molecule has 114 valence electrons. The first-order valence-electron chi connectivity index (χ1n) is 7.31. The number of rotatable bonds is 3. The lowest BCUT2D eigenvalue weighted by atomic mass is 10.2. The van der Waals surface area contributed by atoms with Crippen molar-refractivity contribution in [3.05, 3.63) is 78.6 Å². The van der Waals surface area contributed by atoms with Gasteiger partial charge in [-0.25, -0.2) is 9.97 Å². The van der Waals surface area contributed by atoms with Gasteiger partial charge >= 0.3 is 0 Å². The van der Waals surface area contributed by atoms with E-state index in [0.29, 0.717) is 17.6 Å². The zero-order chi connectivity index (χ0) is 15.9. The standard InChI is InChI=1S/C18H17N5/c1-14-8-10-15(11-9-14)21-18(22-16-6-2-4-12-19-16)23-17-7-3-5-13-20-17/h2-13H,1H3,(H2,19,20,21,22,23). The average molecular weight is 303 g/mol. The van der Waals surface area contributed by atoms with Gasteiger partial charge in [0.2, 0.25) is 5.96 Å². The van der Waals surface area contributed by atoms with Crippen molar-refractivity contribution in [1.82, 2.24) is 9.97 Å². The predicted octanol–water partition coefficient (Wildman–Crippen LogP) is 4.00. The fourth-order valence-electron chi connectivity index (χ4n) is 1.95. The molecule has 0 saturated heterocycles. The van der Waals surface area contributed by atoms with Crippen LogP contribution in [0.2, 0.25) is 0 Å². The topological polar surface area (TPSA) is 62.2 Å². The largest absolute Gasteiger partial charge is 0.326 e. The number of anilines is 2. The molecule has 0 bridgehead atoms. The molecular formula is C18H17N5. The second-order valence-corrected chi connectivity index (χ2v) is 4.98. The molecule has 2 N–H and O–H groups in total. The summed E-state index contributed by atoms with van der Waals surface area (Å²) in [6.07, 6.45) is 3.44. The van der Waals surface area contributed by atoms with E-state index in [0.717, 1.165) is 5.69 Å². The lowest BCUT2D eigenvalue weighted by molar-refractivity contribution is 1.26. The molecule has 0 unspecified atom stereocenters. The van der Waals surface area contributed by atoms with Gasteiger partial charge < -0.3 is 10.6 Å². The van der Waals surface area contributed by atoms with Crippen LogP contribution in [-0.2, 0) is 0 Å². The van der Waals surface area contributed by atoms with Crippen LogP contribution in [0.5, 0.6) is 0 Å². The van der Waals surface area contributed by atoms with E-state index in [9.17, 15) is 0 Å². The normalized spacial score (nSPS) is 11.1. The molecule has 0 aliphatic heterocycles. The molecule has 1 aromatic carbocycles. The van der Waals surface area contributed by atoms with Gasteiger partial charge in [0.1, 0.15) is 5.82 Å². The summed E-state index contributed by atoms with van der Waals surface area (Å²) in [6.45, 7) is 2.05. The van der Waals surface area contributed by atoms with Crippen LogP contribution in [-0.4, -0.2) is 15.9 Å². The molecule has 0 amide bonds. The number of hydrogen-bond donors (Lipinski definition) is 2. The van der Waals surface area contributed by atoms with Gasteiger partial charge in [-0.05, 0) is 43.3 Å². The maximum atomic E-state index is 4.51. The van der Waals surface area contributed by atoms with E-state index in [1.165, 1.54) is 5.56 Å². The summed E-state index contributed by atoms with van der Waals surface area (Å²) in [6, 6.07) is 19.4. The highest BCUT2D eigenvalue weighted by molar-refractivity contribution is 6.04. The van der Waals surface area contributed by atoms with E-state index in [-0.39, 0.29) is 0 Å². The van der Waals surface area contributed by atoms with Crippen molar-refractivity contribution < 1.29 is 0 Å². The third-order valence-corrected chi connectivity index (χ3v) is 3.10. The molecule has 0 radical (unpaired) electrons. The number of benzene rings is 1. The summed E-state index contributed by atoms with van der Waals surface area (Å²) >= 11 is 0. The van der Waals surface area contributed by atoms with Crippen LogP contribution in [0.4, 0.5) is 17.3 Å². The van der Waals surface area contributed by atoms with Crippen LogP contribution in [0, 0.1) is 6.92 Å². The Morgan fingerprint density at radius 3 is 2.22 bits per heavy atom. The molecule has 5 heteroatoms. The average Bonchev–Trinajstić information content (AvgIpc) is 2.59. The minimum atomic E-state index is 0.561. The second kappa shape index (κ2) is 7.17. The Balaban J connectivity index is 1.86. The molecular weight excluding hydrogens is 286 g/mol. The summed E-state index contributed by atoms with van der Waals surface area (Å²) in [5.41, 5.74) is 2.14. The zero-order valence-electron chi connectivity index (χ0n) is 12.8. The summed E-state index contributed by atoms with van der Waals surface area (Å²) in [7, 11) is 0. The number of nitrogens with one attached hydrogen (secondary N) is 2. The maximum Gasteiger partial charge on any atom is 0.208 e. The highest BCUT2D eigenvalue weighted by Crippen LogP contribution is 2.12. The Morgan fingerprint density at radius 1 is 0.826 bits per heavy atom.